The molecule has 2 amide bonds. The van der Waals surface area contributed by atoms with Crippen LogP contribution in [0.2, 0.25) is 0 Å². The number of aromatic nitrogens is 1. The van der Waals surface area contributed by atoms with Crippen LogP contribution in [0.15, 0.2) is 64.2 Å². The Labute approximate surface area is 192 Å². The highest BCUT2D eigenvalue weighted by Gasteiger charge is 2.40. The zero-order valence-electron chi connectivity index (χ0n) is 17.0. The zero-order valence-corrected chi connectivity index (χ0v) is 19.3. The number of hydrogen-bond acceptors (Lipinski definition) is 4. The summed E-state index contributed by atoms with van der Waals surface area (Å²) in [4.78, 5) is 40.0. The summed E-state index contributed by atoms with van der Waals surface area (Å²) in [6.07, 6.45) is 0.887. The number of anilines is 1. The van der Waals surface area contributed by atoms with Crippen molar-refractivity contribution in [3.63, 3.8) is 0 Å². The van der Waals surface area contributed by atoms with E-state index >= 15 is 0 Å². The Hall–Kier alpha value is -2.90. The number of imide groups is 1. The third kappa shape index (κ3) is 3.79. The van der Waals surface area contributed by atoms with Crippen LogP contribution in [0.25, 0.3) is 16.5 Å². The highest BCUT2D eigenvalue weighted by atomic mass is 79.9. The minimum absolute atomic E-state index is 0.0464. The van der Waals surface area contributed by atoms with Gasteiger partial charge in [0.1, 0.15) is 10.6 Å². The molecule has 8 heteroatoms. The van der Waals surface area contributed by atoms with Crippen LogP contribution in [0.5, 0.6) is 0 Å². The number of fused-ring (bicyclic) bond motifs is 1. The number of amides is 2. The maximum absolute atomic E-state index is 13.3. The van der Waals surface area contributed by atoms with Crippen molar-refractivity contribution >= 4 is 67.6 Å². The first-order chi connectivity index (χ1) is 14.6. The quantitative estimate of drug-likeness (QED) is 0.422. The summed E-state index contributed by atoms with van der Waals surface area (Å²) in [5.41, 5.74) is 0.665. The van der Waals surface area contributed by atoms with Crippen LogP contribution in [0.3, 0.4) is 0 Å². The number of ether oxygens (including phenoxy) is 1. The Morgan fingerprint density at radius 3 is 2.35 bits per heavy atom. The van der Waals surface area contributed by atoms with Crippen LogP contribution < -0.4 is 4.90 Å². The third-order valence-electron chi connectivity index (χ3n) is 4.67. The average molecular weight is 502 g/mol. The molecule has 2 aromatic carbocycles. The Balaban J connectivity index is 1.88. The van der Waals surface area contributed by atoms with Gasteiger partial charge in [0, 0.05) is 21.6 Å². The van der Waals surface area contributed by atoms with E-state index in [1.807, 2.05) is 0 Å². The lowest BCUT2D eigenvalue weighted by molar-refractivity contribution is -0.119. The molecular weight excluding hydrogens is 484 g/mol. The Bertz CT molecular complexity index is 1270. The number of halogens is 2. The van der Waals surface area contributed by atoms with Crippen molar-refractivity contribution in [2.24, 2.45) is 0 Å². The molecular formula is C23H18BrClN2O4. The molecule has 4 rings (SSSR count). The second kappa shape index (κ2) is 7.66. The van der Waals surface area contributed by atoms with Crippen LogP contribution in [0, 0.1) is 0 Å². The maximum Gasteiger partial charge on any atom is 0.419 e. The maximum atomic E-state index is 13.3. The van der Waals surface area contributed by atoms with Gasteiger partial charge in [-0.2, -0.15) is 0 Å². The topological polar surface area (TPSA) is 68.6 Å². The first-order valence-corrected chi connectivity index (χ1v) is 10.6. The smallest absolute Gasteiger partial charge is 0.419 e. The number of hydrogen-bond donors (Lipinski definition) is 0. The molecule has 1 aliphatic heterocycles. The van der Waals surface area contributed by atoms with Gasteiger partial charge in [0.2, 0.25) is 0 Å². The van der Waals surface area contributed by atoms with E-state index in [0.717, 1.165) is 9.37 Å². The standard InChI is InChI=1S/C23H18BrClN2O4/c1-23(2,3)31-22(30)26-12-16(15-10-9-13(24)11-17(15)26)18-19(25)21(29)27(20(18)28)14-7-5-4-6-8-14/h4-12H,1-3H3. The number of carbonyl (C=O) groups is 3. The molecule has 0 aliphatic carbocycles. The van der Waals surface area contributed by atoms with Crippen LogP contribution in [0.1, 0.15) is 26.3 Å². The van der Waals surface area contributed by atoms with Gasteiger partial charge in [-0.3, -0.25) is 14.2 Å². The molecule has 0 bridgehead atoms. The predicted octanol–water partition coefficient (Wildman–Crippen LogP) is 5.71. The van der Waals surface area contributed by atoms with E-state index < -0.39 is 23.5 Å². The molecule has 2 heterocycles. The van der Waals surface area contributed by atoms with Crippen LogP contribution in [0.4, 0.5) is 10.5 Å². The summed E-state index contributed by atoms with van der Waals surface area (Å²) in [5.74, 6) is -1.16. The van der Waals surface area contributed by atoms with Crippen molar-refractivity contribution in [3.05, 3.63) is 69.8 Å². The van der Waals surface area contributed by atoms with Gasteiger partial charge in [0.15, 0.2) is 0 Å². The molecule has 3 aromatic rings. The highest BCUT2D eigenvalue weighted by molar-refractivity contribution is 9.10. The largest absolute Gasteiger partial charge is 0.443 e. The fourth-order valence-electron chi connectivity index (χ4n) is 3.41. The zero-order chi connectivity index (χ0) is 22.5. The third-order valence-corrected chi connectivity index (χ3v) is 5.51. The number of carbonyl (C=O) groups excluding carboxylic acids is 3. The van der Waals surface area contributed by atoms with Crippen molar-refractivity contribution in [3.8, 4) is 0 Å². The first kappa shape index (κ1) is 21.3. The molecule has 0 spiro atoms. The van der Waals surface area contributed by atoms with Crippen LogP contribution in [-0.4, -0.2) is 28.1 Å². The minimum Gasteiger partial charge on any atom is -0.443 e. The van der Waals surface area contributed by atoms with E-state index in [0.29, 0.717) is 22.2 Å². The number of rotatable bonds is 2. The van der Waals surface area contributed by atoms with Crippen molar-refractivity contribution in [2.45, 2.75) is 26.4 Å². The van der Waals surface area contributed by atoms with Crippen molar-refractivity contribution < 1.29 is 19.1 Å². The summed E-state index contributed by atoms with van der Waals surface area (Å²) < 4.78 is 7.58. The second-order valence-electron chi connectivity index (χ2n) is 8.02. The van der Waals surface area contributed by atoms with Gasteiger partial charge < -0.3 is 4.74 Å². The fraction of sp³-hybridized carbons (Fsp3) is 0.174. The molecule has 6 nitrogen and oxygen atoms in total. The van der Waals surface area contributed by atoms with Crippen LogP contribution in [-0.2, 0) is 14.3 Å². The number of para-hydroxylation sites is 1. The monoisotopic (exact) mass is 500 g/mol. The fourth-order valence-corrected chi connectivity index (χ4v) is 4.03. The normalized spacial score (nSPS) is 14.7. The lowest BCUT2D eigenvalue weighted by Gasteiger charge is -2.19. The Morgan fingerprint density at radius 1 is 1.03 bits per heavy atom. The van der Waals surface area contributed by atoms with E-state index in [-0.39, 0.29) is 10.6 Å². The first-order valence-electron chi connectivity index (χ1n) is 9.46. The Morgan fingerprint density at radius 2 is 1.71 bits per heavy atom. The van der Waals surface area contributed by atoms with Gasteiger partial charge >= 0.3 is 6.09 Å². The minimum atomic E-state index is -0.708. The van der Waals surface area contributed by atoms with Gasteiger partial charge in [-0.15, -0.1) is 0 Å². The molecule has 0 saturated carbocycles. The summed E-state index contributed by atoms with van der Waals surface area (Å²) in [6.45, 7) is 5.30. The van der Waals surface area contributed by atoms with E-state index in [1.54, 1.807) is 69.3 Å². The molecule has 0 N–H and O–H groups in total. The van der Waals surface area contributed by atoms with Gasteiger partial charge in [-0.05, 0) is 45.0 Å². The summed E-state index contributed by atoms with van der Waals surface area (Å²) >= 11 is 9.77. The lowest BCUT2D eigenvalue weighted by atomic mass is 10.1. The highest BCUT2D eigenvalue weighted by Crippen LogP contribution is 2.39. The van der Waals surface area contributed by atoms with Crippen molar-refractivity contribution in [1.82, 2.24) is 4.57 Å². The van der Waals surface area contributed by atoms with Crippen molar-refractivity contribution in [2.75, 3.05) is 4.90 Å². The number of nitrogens with zero attached hydrogens (tertiary/aromatic N) is 2. The molecule has 0 atom stereocenters. The van der Waals surface area contributed by atoms with Gasteiger partial charge in [-0.1, -0.05) is 51.8 Å². The van der Waals surface area contributed by atoms with E-state index in [1.165, 1.54) is 10.8 Å². The predicted molar refractivity (Wildman–Crippen MR) is 123 cm³/mol. The molecule has 1 aromatic heterocycles. The lowest BCUT2D eigenvalue weighted by Crippen LogP contribution is -2.31. The Kier molecular flexibility index (Phi) is 5.27. The van der Waals surface area contributed by atoms with Crippen molar-refractivity contribution in [1.29, 1.82) is 0 Å². The average Bonchev–Trinajstić information content (AvgIpc) is 3.16. The number of benzene rings is 2. The molecule has 0 fully saturated rings. The molecule has 31 heavy (non-hydrogen) atoms. The summed E-state index contributed by atoms with van der Waals surface area (Å²) in [7, 11) is 0. The van der Waals surface area contributed by atoms with Gasteiger partial charge in [-0.25, -0.2) is 9.69 Å². The summed E-state index contributed by atoms with van der Waals surface area (Å²) in [5, 5.41) is 0.401. The molecule has 158 valence electrons. The van der Waals surface area contributed by atoms with E-state index in [2.05, 4.69) is 15.9 Å². The van der Waals surface area contributed by atoms with Crippen LogP contribution >= 0.6 is 27.5 Å². The molecule has 0 radical (unpaired) electrons. The van der Waals surface area contributed by atoms with E-state index in [9.17, 15) is 14.4 Å². The second-order valence-corrected chi connectivity index (χ2v) is 9.32. The molecule has 0 saturated heterocycles. The molecule has 0 unspecified atom stereocenters. The van der Waals surface area contributed by atoms with Gasteiger partial charge in [0.25, 0.3) is 11.8 Å². The SMILES string of the molecule is CC(C)(C)OC(=O)n1cc(C2=C(Cl)C(=O)N(c3ccccc3)C2=O)c2ccc(Br)cc21. The summed E-state index contributed by atoms with van der Waals surface area (Å²) in [6, 6.07) is 13.9. The van der Waals surface area contributed by atoms with Gasteiger partial charge in [0.05, 0.1) is 16.8 Å². The van der Waals surface area contributed by atoms with E-state index in [4.69, 9.17) is 16.3 Å². The molecule has 1 aliphatic rings.